The quantitative estimate of drug-likeness (QED) is 0.729. The topological polar surface area (TPSA) is 42.7 Å². The molecule has 0 atom stereocenters. The second-order valence-corrected chi connectivity index (χ2v) is 5.41. The number of hydrogen-bond acceptors (Lipinski definition) is 4. The number of anilines is 1. The fraction of sp³-hybridized carbons (Fsp3) is 0.125. The second-order valence-electron chi connectivity index (χ2n) is 4.63. The number of halogens is 1. The molecule has 0 bridgehead atoms. The Balaban J connectivity index is 1.85. The van der Waals surface area contributed by atoms with E-state index >= 15 is 0 Å². The van der Waals surface area contributed by atoms with Crippen LogP contribution in [0.2, 0.25) is 0 Å². The highest BCUT2D eigenvalue weighted by Gasteiger charge is 2.12. The van der Waals surface area contributed by atoms with E-state index in [1.807, 2.05) is 41.2 Å². The molecule has 112 valence electrons. The lowest BCUT2D eigenvalue weighted by Gasteiger charge is -2.10. The van der Waals surface area contributed by atoms with Crippen LogP contribution in [0.3, 0.4) is 0 Å². The predicted octanol–water partition coefficient (Wildman–Crippen LogP) is 3.74. The van der Waals surface area contributed by atoms with Gasteiger partial charge in [-0.25, -0.2) is 4.39 Å². The molecule has 0 spiro atoms. The minimum atomic E-state index is -0.248. The Kier molecular flexibility index (Phi) is 4.39. The van der Waals surface area contributed by atoms with Crippen molar-refractivity contribution in [1.82, 2.24) is 14.8 Å². The number of rotatable bonds is 5. The van der Waals surface area contributed by atoms with Crippen LogP contribution in [0.25, 0.3) is 5.69 Å². The van der Waals surface area contributed by atoms with Crippen LogP contribution in [0.15, 0.2) is 59.8 Å². The number of aromatic nitrogens is 3. The summed E-state index contributed by atoms with van der Waals surface area (Å²) in [4.78, 5) is 0. The Morgan fingerprint density at radius 2 is 1.77 bits per heavy atom. The van der Waals surface area contributed by atoms with Crippen molar-refractivity contribution in [2.24, 2.45) is 0 Å². The third-order valence-electron chi connectivity index (χ3n) is 3.19. The second kappa shape index (κ2) is 6.62. The smallest absolute Gasteiger partial charge is 0.195 e. The third-order valence-corrected chi connectivity index (χ3v) is 3.82. The molecule has 0 unspecified atom stereocenters. The van der Waals surface area contributed by atoms with Crippen LogP contribution in [0, 0.1) is 5.82 Å². The first-order valence-electron chi connectivity index (χ1n) is 6.81. The average molecular weight is 314 g/mol. The van der Waals surface area contributed by atoms with Crippen LogP contribution in [0.1, 0.15) is 5.82 Å². The number of nitrogens with zero attached hydrogens (tertiary/aromatic N) is 3. The van der Waals surface area contributed by atoms with E-state index in [4.69, 9.17) is 0 Å². The van der Waals surface area contributed by atoms with Crippen molar-refractivity contribution >= 4 is 17.4 Å². The lowest BCUT2D eigenvalue weighted by atomic mass is 10.3. The van der Waals surface area contributed by atoms with Crippen LogP contribution in [0.5, 0.6) is 0 Å². The van der Waals surface area contributed by atoms with E-state index in [1.54, 1.807) is 23.9 Å². The zero-order valence-corrected chi connectivity index (χ0v) is 12.8. The lowest BCUT2D eigenvalue weighted by molar-refractivity contribution is 0.628. The Morgan fingerprint density at radius 3 is 2.45 bits per heavy atom. The van der Waals surface area contributed by atoms with Crippen LogP contribution < -0.4 is 5.32 Å². The van der Waals surface area contributed by atoms with Crippen molar-refractivity contribution in [2.45, 2.75) is 11.7 Å². The summed E-state index contributed by atoms with van der Waals surface area (Å²) in [6, 6.07) is 16.2. The van der Waals surface area contributed by atoms with Crippen LogP contribution in [-0.4, -0.2) is 21.0 Å². The van der Waals surface area contributed by atoms with Crippen LogP contribution in [-0.2, 0) is 6.54 Å². The normalized spacial score (nSPS) is 10.6. The molecule has 0 saturated carbocycles. The maximum atomic E-state index is 12.9. The fourth-order valence-corrected chi connectivity index (χ4v) is 2.65. The summed E-state index contributed by atoms with van der Waals surface area (Å²) in [6.07, 6.45) is 1.97. The van der Waals surface area contributed by atoms with Crippen molar-refractivity contribution < 1.29 is 4.39 Å². The van der Waals surface area contributed by atoms with E-state index in [1.165, 1.54) is 12.1 Å². The van der Waals surface area contributed by atoms with Crippen molar-refractivity contribution in [3.05, 3.63) is 66.2 Å². The first kappa shape index (κ1) is 14.6. The molecule has 0 radical (unpaired) electrons. The third kappa shape index (κ3) is 3.12. The highest BCUT2D eigenvalue weighted by molar-refractivity contribution is 7.98. The molecule has 4 nitrogen and oxygen atoms in total. The molecule has 22 heavy (non-hydrogen) atoms. The number of benzene rings is 2. The molecule has 6 heteroatoms. The van der Waals surface area contributed by atoms with Crippen LogP contribution in [0.4, 0.5) is 10.1 Å². The molecular weight excluding hydrogens is 299 g/mol. The van der Waals surface area contributed by atoms with Gasteiger partial charge < -0.3 is 5.32 Å². The van der Waals surface area contributed by atoms with Crippen molar-refractivity contribution in [3.63, 3.8) is 0 Å². The van der Waals surface area contributed by atoms with Gasteiger partial charge in [-0.05, 0) is 42.7 Å². The maximum absolute atomic E-state index is 12.9. The molecule has 0 aliphatic heterocycles. The Hall–Kier alpha value is -2.34. The fourth-order valence-electron chi connectivity index (χ4n) is 2.13. The first-order chi connectivity index (χ1) is 10.8. The molecular formula is C16H15FN4S. The first-order valence-corrected chi connectivity index (χ1v) is 8.03. The Bertz CT molecular complexity index is 741. The number of nitrogens with one attached hydrogen (secondary N) is 1. The van der Waals surface area contributed by atoms with E-state index in [0.717, 1.165) is 22.4 Å². The predicted molar refractivity (Wildman–Crippen MR) is 86.9 cm³/mol. The molecule has 3 aromatic rings. The van der Waals surface area contributed by atoms with Gasteiger partial charge in [-0.15, -0.1) is 10.2 Å². The summed E-state index contributed by atoms with van der Waals surface area (Å²) in [7, 11) is 0. The SMILES string of the molecule is CSc1nnc(CNc2ccc(F)cc2)n1-c1ccccc1. The maximum Gasteiger partial charge on any atom is 0.195 e. The van der Waals surface area contributed by atoms with Gasteiger partial charge in [0.1, 0.15) is 5.82 Å². The average Bonchev–Trinajstić information content (AvgIpc) is 2.98. The number of hydrogen-bond donors (Lipinski definition) is 1. The molecule has 2 aromatic carbocycles. The molecule has 3 rings (SSSR count). The summed E-state index contributed by atoms with van der Waals surface area (Å²) in [6.45, 7) is 0.508. The number of para-hydroxylation sites is 1. The van der Waals surface area contributed by atoms with E-state index in [9.17, 15) is 4.39 Å². The Morgan fingerprint density at radius 1 is 1.05 bits per heavy atom. The highest BCUT2D eigenvalue weighted by atomic mass is 32.2. The van der Waals surface area contributed by atoms with Crippen molar-refractivity contribution in [3.8, 4) is 5.69 Å². The molecule has 1 aromatic heterocycles. The molecule has 0 aliphatic rings. The van der Waals surface area contributed by atoms with E-state index < -0.39 is 0 Å². The van der Waals surface area contributed by atoms with Gasteiger partial charge in [0.05, 0.1) is 6.54 Å². The molecule has 1 N–H and O–H groups in total. The van der Waals surface area contributed by atoms with Crippen LogP contribution >= 0.6 is 11.8 Å². The summed E-state index contributed by atoms with van der Waals surface area (Å²) in [5.74, 6) is 0.558. The molecule has 1 heterocycles. The minimum Gasteiger partial charge on any atom is -0.378 e. The highest BCUT2D eigenvalue weighted by Crippen LogP contribution is 2.20. The zero-order valence-electron chi connectivity index (χ0n) is 12.0. The largest absolute Gasteiger partial charge is 0.378 e. The molecule has 0 amide bonds. The van der Waals surface area contributed by atoms with Gasteiger partial charge >= 0.3 is 0 Å². The molecule has 0 fully saturated rings. The van der Waals surface area contributed by atoms with Crippen molar-refractivity contribution in [1.29, 1.82) is 0 Å². The van der Waals surface area contributed by atoms with Gasteiger partial charge in [-0.3, -0.25) is 4.57 Å². The van der Waals surface area contributed by atoms with Crippen molar-refractivity contribution in [2.75, 3.05) is 11.6 Å². The Labute approximate surface area is 132 Å². The zero-order chi connectivity index (χ0) is 15.4. The summed E-state index contributed by atoms with van der Waals surface area (Å²) >= 11 is 1.55. The lowest BCUT2D eigenvalue weighted by Crippen LogP contribution is -2.08. The standard InChI is InChI=1S/C16H15FN4S/c1-22-16-20-19-15(21(16)14-5-3-2-4-6-14)11-18-13-9-7-12(17)8-10-13/h2-10,18H,11H2,1H3. The van der Waals surface area contributed by atoms with Gasteiger partial charge in [0.15, 0.2) is 11.0 Å². The van der Waals surface area contributed by atoms with Gasteiger partial charge in [0, 0.05) is 11.4 Å². The van der Waals surface area contributed by atoms with Gasteiger partial charge in [-0.1, -0.05) is 30.0 Å². The molecule has 0 saturated heterocycles. The minimum absolute atomic E-state index is 0.248. The van der Waals surface area contributed by atoms with Gasteiger partial charge in [0.25, 0.3) is 0 Å². The van der Waals surface area contributed by atoms with E-state index in [-0.39, 0.29) is 5.82 Å². The van der Waals surface area contributed by atoms with E-state index in [0.29, 0.717) is 6.54 Å². The summed E-state index contributed by atoms with van der Waals surface area (Å²) < 4.78 is 14.9. The number of thioether (sulfide) groups is 1. The van der Waals surface area contributed by atoms with Gasteiger partial charge in [-0.2, -0.15) is 0 Å². The summed E-state index contributed by atoms with van der Waals surface area (Å²) in [5.41, 5.74) is 1.86. The molecule has 0 aliphatic carbocycles. The van der Waals surface area contributed by atoms with Gasteiger partial charge in [0.2, 0.25) is 0 Å². The van der Waals surface area contributed by atoms with E-state index in [2.05, 4.69) is 15.5 Å². The monoisotopic (exact) mass is 314 g/mol. The summed E-state index contributed by atoms with van der Waals surface area (Å²) in [5, 5.41) is 12.5.